The predicted molar refractivity (Wildman–Crippen MR) is 84.2 cm³/mol. The van der Waals surface area contributed by atoms with E-state index in [1.165, 1.54) is 0 Å². The summed E-state index contributed by atoms with van der Waals surface area (Å²) in [5.74, 6) is 0.739. The summed E-state index contributed by atoms with van der Waals surface area (Å²) in [6.45, 7) is 8.37. The maximum Gasteiger partial charge on any atom is 0.252 e. The van der Waals surface area contributed by atoms with Crippen molar-refractivity contribution in [2.75, 3.05) is 0 Å². The SMILES string of the molecule is CCC(NC(=O)c1ccccc1C(C)(C)C)c1ncc[nH]1. The number of carbonyl (C=O) groups is 1. The van der Waals surface area contributed by atoms with Crippen molar-refractivity contribution in [1.29, 1.82) is 0 Å². The summed E-state index contributed by atoms with van der Waals surface area (Å²) >= 11 is 0. The van der Waals surface area contributed by atoms with Gasteiger partial charge in [-0.2, -0.15) is 0 Å². The van der Waals surface area contributed by atoms with Gasteiger partial charge in [-0.15, -0.1) is 0 Å². The molecule has 0 radical (unpaired) electrons. The Morgan fingerprint density at radius 3 is 2.62 bits per heavy atom. The summed E-state index contributed by atoms with van der Waals surface area (Å²) in [6, 6.07) is 7.67. The van der Waals surface area contributed by atoms with Crippen LogP contribution >= 0.6 is 0 Å². The molecule has 1 unspecified atom stereocenters. The van der Waals surface area contributed by atoms with E-state index in [9.17, 15) is 4.79 Å². The largest absolute Gasteiger partial charge is 0.347 e. The zero-order chi connectivity index (χ0) is 15.5. The van der Waals surface area contributed by atoms with Crippen LogP contribution < -0.4 is 5.32 Å². The third-order valence-electron chi connectivity index (χ3n) is 3.54. The number of aromatic nitrogens is 2. The Balaban J connectivity index is 2.25. The highest BCUT2D eigenvalue weighted by Crippen LogP contribution is 2.26. The van der Waals surface area contributed by atoms with Crippen molar-refractivity contribution in [3.05, 3.63) is 53.6 Å². The molecule has 0 aliphatic heterocycles. The topological polar surface area (TPSA) is 57.8 Å². The first kappa shape index (κ1) is 15.3. The minimum Gasteiger partial charge on any atom is -0.347 e. The van der Waals surface area contributed by atoms with Gasteiger partial charge in [-0.3, -0.25) is 4.79 Å². The molecule has 0 spiro atoms. The molecule has 1 atom stereocenters. The third-order valence-corrected chi connectivity index (χ3v) is 3.54. The number of rotatable bonds is 4. The van der Waals surface area contributed by atoms with E-state index < -0.39 is 0 Å². The molecule has 1 heterocycles. The molecule has 2 N–H and O–H groups in total. The van der Waals surface area contributed by atoms with Crippen LogP contribution in [0.4, 0.5) is 0 Å². The molecule has 0 saturated carbocycles. The lowest BCUT2D eigenvalue weighted by Crippen LogP contribution is -2.31. The lowest BCUT2D eigenvalue weighted by atomic mass is 9.83. The second-order valence-corrected chi connectivity index (χ2v) is 6.20. The number of imidazole rings is 1. The average molecular weight is 285 g/mol. The molecule has 2 rings (SSSR count). The summed E-state index contributed by atoms with van der Waals surface area (Å²) in [5, 5.41) is 3.07. The van der Waals surface area contributed by atoms with Crippen LogP contribution in [0.2, 0.25) is 0 Å². The molecule has 1 aromatic carbocycles. The van der Waals surface area contributed by atoms with E-state index >= 15 is 0 Å². The Kier molecular flexibility index (Phi) is 4.46. The van der Waals surface area contributed by atoms with Crippen LogP contribution in [0.15, 0.2) is 36.7 Å². The van der Waals surface area contributed by atoms with Gasteiger partial charge in [0.2, 0.25) is 0 Å². The van der Waals surface area contributed by atoms with Gasteiger partial charge in [0.15, 0.2) is 0 Å². The minimum absolute atomic E-state index is 0.0521. The van der Waals surface area contributed by atoms with Gasteiger partial charge in [0.05, 0.1) is 6.04 Å². The minimum atomic E-state index is -0.0967. The molecule has 0 bridgehead atoms. The maximum atomic E-state index is 12.6. The molecule has 0 aliphatic carbocycles. The van der Waals surface area contributed by atoms with E-state index in [0.717, 1.165) is 23.4 Å². The number of amides is 1. The van der Waals surface area contributed by atoms with Gasteiger partial charge in [-0.05, 0) is 23.5 Å². The Morgan fingerprint density at radius 2 is 2.05 bits per heavy atom. The number of aromatic amines is 1. The summed E-state index contributed by atoms with van der Waals surface area (Å²) in [5.41, 5.74) is 1.71. The van der Waals surface area contributed by atoms with Crippen molar-refractivity contribution < 1.29 is 4.79 Å². The van der Waals surface area contributed by atoms with Gasteiger partial charge in [0.1, 0.15) is 5.82 Å². The number of hydrogen-bond donors (Lipinski definition) is 2. The van der Waals surface area contributed by atoms with Crippen molar-refractivity contribution in [3.8, 4) is 0 Å². The lowest BCUT2D eigenvalue weighted by molar-refractivity contribution is 0.0931. The summed E-state index contributed by atoms with van der Waals surface area (Å²) in [4.78, 5) is 19.9. The van der Waals surface area contributed by atoms with Crippen molar-refractivity contribution in [3.63, 3.8) is 0 Å². The number of H-pyrrole nitrogens is 1. The highest BCUT2D eigenvalue weighted by Gasteiger charge is 2.23. The Bertz CT molecular complexity index is 597. The first-order valence-corrected chi connectivity index (χ1v) is 7.33. The van der Waals surface area contributed by atoms with E-state index in [1.807, 2.05) is 31.2 Å². The molecule has 1 aromatic heterocycles. The second-order valence-electron chi connectivity index (χ2n) is 6.20. The molecule has 112 valence electrons. The Labute approximate surface area is 126 Å². The molecule has 0 saturated heterocycles. The van der Waals surface area contributed by atoms with Crippen LogP contribution in [0, 0.1) is 0 Å². The highest BCUT2D eigenvalue weighted by atomic mass is 16.1. The first-order chi connectivity index (χ1) is 9.93. The number of nitrogens with one attached hydrogen (secondary N) is 2. The van der Waals surface area contributed by atoms with E-state index in [2.05, 4.69) is 36.1 Å². The number of hydrogen-bond acceptors (Lipinski definition) is 2. The number of nitrogens with zero attached hydrogens (tertiary/aromatic N) is 1. The van der Waals surface area contributed by atoms with Gasteiger partial charge in [0, 0.05) is 18.0 Å². The Hall–Kier alpha value is -2.10. The van der Waals surface area contributed by atoms with Crippen molar-refractivity contribution >= 4 is 5.91 Å². The van der Waals surface area contributed by atoms with Gasteiger partial charge >= 0.3 is 0 Å². The van der Waals surface area contributed by atoms with Crippen LogP contribution in [-0.4, -0.2) is 15.9 Å². The van der Waals surface area contributed by atoms with E-state index in [-0.39, 0.29) is 17.4 Å². The third kappa shape index (κ3) is 3.51. The fourth-order valence-corrected chi connectivity index (χ4v) is 2.40. The smallest absolute Gasteiger partial charge is 0.252 e. The van der Waals surface area contributed by atoms with Crippen LogP contribution in [-0.2, 0) is 5.41 Å². The van der Waals surface area contributed by atoms with Crippen LogP contribution in [0.25, 0.3) is 0 Å². The molecule has 2 aromatic rings. The monoisotopic (exact) mass is 285 g/mol. The zero-order valence-electron chi connectivity index (χ0n) is 13.1. The Morgan fingerprint density at radius 1 is 1.33 bits per heavy atom. The van der Waals surface area contributed by atoms with Gasteiger partial charge in [-0.1, -0.05) is 45.9 Å². The fraction of sp³-hybridized carbons (Fsp3) is 0.412. The van der Waals surface area contributed by atoms with Gasteiger partial charge < -0.3 is 10.3 Å². The quantitative estimate of drug-likeness (QED) is 0.902. The molecule has 0 aliphatic rings. The van der Waals surface area contributed by atoms with E-state index in [0.29, 0.717) is 0 Å². The van der Waals surface area contributed by atoms with Crippen molar-refractivity contribution in [1.82, 2.24) is 15.3 Å². The molecular formula is C17H23N3O. The van der Waals surface area contributed by atoms with Crippen molar-refractivity contribution in [2.24, 2.45) is 0 Å². The maximum absolute atomic E-state index is 12.6. The molecule has 1 amide bonds. The van der Waals surface area contributed by atoms with E-state index in [1.54, 1.807) is 12.4 Å². The number of benzene rings is 1. The summed E-state index contributed by atoms with van der Waals surface area (Å²) < 4.78 is 0. The fourth-order valence-electron chi connectivity index (χ4n) is 2.40. The number of carbonyl (C=O) groups excluding carboxylic acids is 1. The first-order valence-electron chi connectivity index (χ1n) is 7.33. The molecule has 4 nitrogen and oxygen atoms in total. The molecule has 0 fully saturated rings. The summed E-state index contributed by atoms with van der Waals surface area (Å²) in [7, 11) is 0. The standard InChI is InChI=1S/C17H23N3O/c1-5-14(15-18-10-11-19-15)20-16(21)12-8-6-7-9-13(12)17(2,3)4/h6-11,14H,5H2,1-4H3,(H,18,19)(H,20,21). The van der Waals surface area contributed by atoms with Crippen LogP contribution in [0.3, 0.4) is 0 Å². The normalized spacial score (nSPS) is 13.0. The van der Waals surface area contributed by atoms with Crippen molar-refractivity contribution in [2.45, 2.75) is 45.6 Å². The van der Waals surface area contributed by atoms with Crippen LogP contribution in [0.5, 0.6) is 0 Å². The van der Waals surface area contributed by atoms with Gasteiger partial charge in [0.25, 0.3) is 5.91 Å². The second kappa shape index (κ2) is 6.12. The molecule has 21 heavy (non-hydrogen) atoms. The average Bonchev–Trinajstić information content (AvgIpc) is 2.97. The molecule has 4 heteroatoms. The van der Waals surface area contributed by atoms with E-state index in [4.69, 9.17) is 0 Å². The van der Waals surface area contributed by atoms with Crippen LogP contribution in [0.1, 0.15) is 61.9 Å². The molecular weight excluding hydrogens is 262 g/mol. The highest BCUT2D eigenvalue weighted by molar-refractivity contribution is 5.96. The zero-order valence-corrected chi connectivity index (χ0v) is 13.1. The lowest BCUT2D eigenvalue weighted by Gasteiger charge is -2.23. The van der Waals surface area contributed by atoms with Gasteiger partial charge in [-0.25, -0.2) is 4.98 Å². The summed E-state index contributed by atoms with van der Waals surface area (Å²) in [6.07, 6.45) is 4.26. The predicted octanol–water partition coefficient (Wildman–Crippen LogP) is 3.59.